The molecular weight excluding hydrogens is 687 g/mol. The highest BCUT2D eigenvalue weighted by atomic mass is 32.1. The van der Waals surface area contributed by atoms with Gasteiger partial charge in [-0.3, -0.25) is 0 Å². The molecule has 0 unspecified atom stereocenters. The molecule has 0 aliphatic rings. The van der Waals surface area contributed by atoms with E-state index >= 15 is 0 Å². The number of hydrogen-bond acceptors (Lipinski definition) is 3. The van der Waals surface area contributed by atoms with Crippen molar-refractivity contribution in [3.05, 3.63) is 200 Å². The fourth-order valence-electron chi connectivity index (χ4n) is 8.37. The number of thiophene rings is 1. The maximum atomic E-state index is 6.70. The van der Waals surface area contributed by atoms with Crippen LogP contribution in [0.25, 0.3) is 86.3 Å². The van der Waals surface area contributed by atoms with E-state index in [9.17, 15) is 0 Å². The zero-order valence-corrected chi connectivity index (χ0v) is 30.6. The summed E-state index contributed by atoms with van der Waals surface area (Å²) in [5.41, 5.74) is 12.0. The van der Waals surface area contributed by atoms with Gasteiger partial charge in [-0.1, -0.05) is 152 Å². The number of fused-ring (bicyclic) bond motifs is 7. The Balaban J connectivity index is 1.10. The lowest BCUT2D eigenvalue weighted by Gasteiger charge is -2.28. The second-order valence-corrected chi connectivity index (χ2v) is 15.1. The molecule has 55 heavy (non-hydrogen) atoms. The van der Waals surface area contributed by atoms with E-state index in [-0.39, 0.29) is 0 Å². The normalized spacial score (nSPS) is 11.6. The molecule has 0 amide bonds. The van der Waals surface area contributed by atoms with Crippen molar-refractivity contribution in [3.63, 3.8) is 0 Å². The van der Waals surface area contributed by atoms with Crippen molar-refractivity contribution in [1.29, 1.82) is 0 Å². The molecule has 0 aliphatic heterocycles. The van der Waals surface area contributed by atoms with E-state index in [1.54, 1.807) is 0 Å². The lowest BCUT2D eigenvalue weighted by Crippen LogP contribution is -2.11. The third-order valence-corrected chi connectivity index (χ3v) is 12.0. The Morgan fingerprint density at radius 2 is 0.982 bits per heavy atom. The van der Waals surface area contributed by atoms with Gasteiger partial charge in [0.15, 0.2) is 5.58 Å². The molecule has 0 radical (unpaired) electrons. The standard InChI is InChI=1S/C52H33NOS/c1-2-17-39-34(13-1)14-10-21-40(39)36-15-9-16-37(33-36)41-18-3-6-24-46(41)53(47-25-11-23-44-43-19-4-7-26-48(43)54-52(44)47)38-31-29-35(30-32-38)42-22-12-28-50-51(42)45-20-5-8-27-49(45)55-50/h1-33H. The van der Waals surface area contributed by atoms with Gasteiger partial charge in [0.1, 0.15) is 5.58 Å². The SMILES string of the molecule is c1cc(-c2ccccc2N(c2ccc(-c3cccc4sc5ccccc5c34)cc2)c2cccc3c2oc2ccccc23)cc(-c2cccc3ccccc23)c1. The van der Waals surface area contributed by atoms with Crippen LogP contribution in [0.2, 0.25) is 0 Å². The van der Waals surface area contributed by atoms with Crippen LogP contribution in [0.1, 0.15) is 0 Å². The number of hydrogen-bond donors (Lipinski definition) is 0. The fraction of sp³-hybridized carbons (Fsp3) is 0. The van der Waals surface area contributed by atoms with Crippen LogP contribution in [-0.2, 0) is 0 Å². The third-order valence-electron chi connectivity index (χ3n) is 10.9. The first kappa shape index (κ1) is 31.6. The zero-order valence-electron chi connectivity index (χ0n) is 29.8. The van der Waals surface area contributed by atoms with Gasteiger partial charge in [0.2, 0.25) is 0 Å². The van der Waals surface area contributed by atoms with Gasteiger partial charge in [0.05, 0.1) is 11.4 Å². The second-order valence-electron chi connectivity index (χ2n) is 14.0. The van der Waals surface area contributed by atoms with Gasteiger partial charge in [-0.05, 0) is 87.1 Å². The Labute approximate surface area is 322 Å². The molecule has 2 nitrogen and oxygen atoms in total. The molecule has 258 valence electrons. The lowest BCUT2D eigenvalue weighted by molar-refractivity contribution is 0.669. The van der Waals surface area contributed by atoms with Crippen molar-refractivity contribution < 1.29 is 4.42 Å². The summed E-state index contributed by atoms with van der Waals surface area (Å²) in [4.78, 5) is 2.37. The summed E-state index contributed by atoms with van der Waals surface area (Å²) in [6.45, 7) is 0. The Morgan fingerprint density at radius 1 is 0.382 bits per heavy atom. The van der Waals surface area contributed by atoms with Gasteiger partial charge in [-0.25, -0.2) is 0 Å². The zero-order chi connectivity index (χ0) is 36.3. The topological polar surface area (TPSA) is 16.4 Å². The maximum Gasteiger partial charge on any atom is 0.159 e. The molecule has 11 rings (SSSR count). The number of anilines is 3. The Hall–Kier alpha value is -6.94. The van der Waals surface area contributed by atoms with Crippen molar-refractivity contribution in [2.24, 2.45) is 0 Å². The van der Waals surface area contributed by atoms with E-state index in [0.29, 0.717) is 0 Å². The van der Waals surface area contributed by atoms with Gasteiger partial charge in [-0.15, -0.1) is 11.3 Å². The molecule has 0 fully saturated rings. The minimum atomic E-state index is 0.863. The molecule has 0 saturated carbocycles. The lowest BCUT2D eigenvalue weighted by atomic mass is 9.94. The van der Waals surface area contributed by atoms with Gasteiger partial charge in [0, 0.05) is 42.2 Å². The van der Waals surface area contributed by atoms with Crippen molar-refractivity contribution in [1.82, 2.24) is 0 Å². The van der Waals surface area contributed by atoms with Gasteiger partial charge in [0.25, 0.3) is 0 Å². The van der Waals surface area contributed by atoms with E-state index in [4.69, 9.17) is 4.42 Å². The van der Waals surface area contributed by atoms with Gasteiger partial charge < -0.3 is 9.32 Å². The van der Waals surface area contributed by atoms with E-state index in [1.165, 1.54) is 53.2 Å². The number of nitrogens with zero attached hydrogens (tertiary/aromatic N) is 1. The molecule has 0 spiro atoms. The highest BCUT2D eigenvalue weighted by molar-refractivity contribution is 7.25. The van der Waals surface area contributed by atoms with Crippen LogP contribution >= 0.6 is 11.3 Å². The van der Waals surface area contributed by atoms with Crippen LogP contribution in [0.4, 0.5) is 17.1 Å². The molecule has 0 N–H and O–H groups in total. The fourth-order valence-corrected chi connectivity index (χ4v) is 9.50. The Kier molecular flexibility index (Phi) is 7.39. The predicted molar refractivity (Wildman–Crippen MR) is 235 cm³/mol. The van der Waals surface area contributed by atoms with Crippen LogP contribution in [0.5, 0.6) is 0 Å². The quantitative estimate of drug-likeness (QED) is 0.170. The number of para-hydroxylation sites is 3. The molecule has 3 heteroatoms. The highest BCUT2D eigenvalue weighted by Crippen LogP contribution is 2.47. The van der Waals surface area contributed by atoms with Crippen molar-refractivity contribution in [3.8, 4) is 33.4 Å². The second kappa shape index (κ2) is 12.9. The van der Waals surface area contributed by atoms with Crippen LogP contribution in [0.15, 0.2) is 205 Å². The first-order valence-corrected chi connectivity index (χ1v) is 19.5. The molecule has 2 heterocycles. The van der Waals surface area contributed by atoms with E-state index in [1.807, 2.05) is 17.4 Å². The molecule has 0 aliphatic carbocycles. The van der Waals surface area contributed by atoms with Crippen molar-refractivity contribution in [2.75, 3.05) is 4.90 Å². The third kappa shape index (κ3) is 5.24. The monoisotopic (exact) mass is 719 g/mol. The van der Waals surface area contributed by atoms with Crippen molar-refractivity contribution >= 4 is 81.3 Å². The maximum absolute atomic E-state index is 6.70. The molecule has 9 aromatic carbocycles. The number of benzene rings is 9. The molecule has 0 bridgehead atoms. The average Bonchev–Trinajstić information content (AvgIpc) is 3.83. The molecule has 2 aromatic heterocycles. The summed E-state index contributed by atoms with van der Waals surface area (Å²) in [7, 11) is 0. The summed E-state index contributed by atoms with van der Waals surface area (Å²) in [5, 5.41) is 7.32. The first-order chi connectivity index (χ1) is 27.3. The minimum absolute atomic E-state index is 0.863. The molecule has 0 saturated heterocycles. The first-order valence-electron chi connectivity index (χ1n) is 18.7. The van der Waals surface area contributed by atoms with Crippen molar-refractivity contribution in [2.45, 2.75) is 0 Å². The van der Waals surface area contributed by atoms with Crippen LogP contribution in [-0.4, -0.2) is 0 Å². The molecular formula is C52H33NOS. The minimum Gasteiger partial charge on any atom is -0.454 e. The largest absolute Gasteiger partial charge is 0.454 e. The van der Waals surface area contributed by atoms with Crippen LogP contribution < -0.4 is 4.90 Å². The van der Waals surface area contributed by atoms with Crippen LogP contribution in [0.3, 0.4) is 0 Å². The smallest absolute Gasteiger partial charge is 0.159 e. The Bertz CT molecular complexity index is 3220. The molecule has 11 aromatic rings. The summed E-state index contributed by atoms with van der Waals surface area (Å²) in [6.07, 6.45) is 0. The number of furan rings is 1. The summed E-state index contributed by atoms with van der Waals surface area (Å²) >= 11 is 1.86. The van der Waals surface area contributed by atoms with E-state index < -0.39 is 0 Å². The number of rotatable bonds is 6. The van der Waals surface area contributed by atoms with E-state index in [0.717, 1.165) is 50.1 Å². The summed E-state index contributed by atoms with van der Waals surface area (Å²) in [6, 6.07) is 72.1. The van der Waals surface area contributed by atoms with Gasteiger partial charge >= 0.3 is 0 Å². The summed E-state index contributed by atoms with van der Waals surface area (Å²) in [5.74, 6) is 0. The van der Waals surface area contributed by atoms with Crippen LogP contribution in [0, 0.1) is 0 Å². The van der Waals surface area contributed by atoms with E-state index in [2.05, 4.69) is 199 Å². The highest BCUT2D eigenvalue weighted by Gasteiger charge is 2.22. The molecule has 0 atom stereocenters. The predicted octanol–water partition coefficient (Wildman–Crippen LogP) is 15.6. The summed E-state index contributed by atoms with van der Waals surface area (Å²) < 4.78 is 9.32. The van der Waals surface area contributed by atoms with Gasteiger partial charge in [-0.2, -0.15) is 0 Å². The Morgan fingerprint density at radius 3 is 1.89 bits per heavy atom. The average molecular weight is 720 g/mol.